The van der Waals surface area contributed by atoms with E-state index in [9.17, 15) is 0 Å². The molecular formula is C17H27N3. The first kappa shape index (κ1) is 14.1. The lowest BCUT2D eigenvalue weighted by Gasteiger charge is -2.25. The van der Waals surface area contributed by atoms with Crippen LogP contribution in [0.2, 0.25) is 0 Å². The van der Waals surface area contributed by atoms with Crippen LogP contribution in [-0.4, -0.2) is 50.1 Å². The quantitative estimate of drug-likeness (QED) is 0.915. The van der Waals surface area contributed by atoms with Crippen molar-refractivity contribution in [1.29, 1.82) is 0 Å². The van der Waals surface area contributed by atoms with Gasteiger partial charge in [0.05, 0.1) is 0 Å². The van der Waals surface area contributed by atoms with Crippen LogP contribution >= 0.6 is 0 Å². The Labute approximate surface area is 122 Å². The minimum atomic E-state index is 0.561. The van der Waals surface area contributed by atoms with Gasteiger partial charge in [-0.05, 0) is 63.0 Å². The van der Waals surface area contributed by atoms with E-state index in [0.717, 1.165) is 13.1 Å². The number of nitrogens with two attached hydrogens (primary N) is 1. The van der Waals surface area contributed by atoms with Crippen molar-refractivity contribution >= 4 is 0 Å². The summed E-state index contributed by atoms with van der Waals surface area (Å²) < 4.78 is 0. The molecule has 3 heteroatoms. The predicted octanol–water partition coefficient (Wildman–Crippen LogP) is 2.06. The van der Waals surface area contributed by atoms with Crippen LogP contribution in [-0.2, 0) is 0 Å². The van der Waals surface area contributed by atoms with E-state index >= 15 is 0 Å². The molecule has 2 heterocycles. The molecule has 1 aromatic rings. The summed E-state index contributed by atoms with van der Waals surface area (Å²) in [6, 6.07) is 9.65. The van der Waals surface area contributed by atoms with Gasteiger partial charge in [0, 0.05) is 19.1 Å². The standard InChI is InChI=1S/C17H27N3/c1-19-8-7-14(12-19)15-5-3-4-6-16(15)17-9-13(10-18)11-20(17)2/h3-6,13-14,17H,7-12,18H2,1-2H3. The van der Waals surface area contributed by atoms with E-state index in [-0.39, 0.29) is 0 Å². The maximum atomic E-state index is 5.88. The van der Waals surface area contributed by atoms with E-state index in [1.165, 1.54) is 25.9 Å². The van der Waals surface area contributed by atoms with Crippen LogP contribution < -0.4 is 5.73 Å². The van der Waals surface area contributed by atoms with Gasteiger partial charge in [-0.15, -0.1) is 0 Å². The second kappa shape index (κ2) is 5.84. The van der Waals surface area contributed by atoms with Crippen LogP contribution in [0.1, 0.15) is 35.9 Å². The number of likely N-dealkylation sites (tertiary alicyclic amines) is 2. The van der Waals surface area contributed by atoms with Gasteiger partial charge in [-0.3, -0.25) is 4.90 Å². The summed E-state index contributed by atoms with van der Waals surface area (Å²) in [6.07, 6.45) is 2.51. The second-order valence-corrected chi connectivity index (χ2v) is 6.67. The van der Waals surface area contributed by atoms with E-state index in [2.05, 4.69) is 48.2 Å². The minimum Gasteiger partial charge on any atom is -0.330 e. The van der Waals surface area contributed by atoms with Crippen LogP contribution in [0, 0.1) is 5.92 Å². The maximum Gasteiger partial charge on any atom is 0.0351 e. The van der Waals surface area contributed by atoms with Crippen molar-refractivity contribution in [2.45, 2.75) is 24.8 Å². The van der Waals surface area contributed by atoms with Crippen LogP contribution in [0.15, 0.2) is 24.3 Å². The average molecular weight is 273 g/mol. The lowest BCUT2D eigenvalue weighted by Crippen LogP contribution is -2.21. The van der Waals surface area contributed by atoms with Crippen LogP contribution in [0.5, 0.6) is 0 Å². The fourth-order valence-electron chi connectivity index (χ4n) is 4.01. The Morgan fingerprint density at radius 3 is 2.50 bits per heavy atom. The fraction of sp³-hybridized carbons (Fsp3) is 0.647. The number of benzene rings is 1. The Kier molecular flexibility index (Phi) is 4.11. The predicted molar refractivity (Wildman–Crippen MR) is 83.8 cm³/mol. The molecule has 2 N–H and O–H groups in total. The summed E-state index contributed by atoms with van der Waals surface area (Å²) >= 11 is 0. The van der Waals surface area contributed by atoms with E-state index in [4.69, 9.17) is 5.73 Å². The molecule has 0 bridgehead atoms. The number of rotatable bonds is 3. The highest BCUT2D eigenvalue weighted by Crippen LogP contribution is 2.39. The van der Waals surface area contributed by atoms with Gasteiger partial charge in [0.15, 0.2) is 0 Å². The summed E-state index contributed by atoms with van der Waals surface area (Å²) in [5, 5.41) is 0. The Morgan fingerprint density at radius 2 is 1.90 bits per heavy atom. The molecule has 3 unspecified atom stereocenters. The third-order valence-corrected chi connectivity index (χ3v) is 5.15. The van der Waals surface area contributed by atoms with Gasteiger partial charge < -0.3 is 10.6 Å². The summed E-state index contributed by atoms with van der Waals surface area (Å²) in [7, 11) is 4.48. The van der Waals surface area contributed by atoms with Gasteiger partial charge >= 0.3 is 0 Å². The molecule has 0 aliphatic carbocycles. The SMILES string of the molecule is CN1CCC(c2ccccc2C2CC(CN)CN2C)C1. The first-order valence-corrected chi connectivity index (χ1v) is 7.86. The minimum absolute atomic E-state index is 0.561. The number of hydrogen-bond acceptors (Lipinski definition) is 3. The summed E-state index contributed by atoms with van der Waals surface area (Å²) in [5.41, 5.74) is 9.00. The number of nitrogens with zero attached hydrogens (tertiary/aromatic N) is 2. The zero-order chi connectivity index (χ0) is 14.1. The van der Waals surface area contributed by atoms with Gasteiger partial charge in [-0.1, -0.05) is 24.3 Å². The molecule has 0 radical (unpaired) electrons. The summed E-state index contributed by atoms with van der Waals surface area (Å²) in [5.74, 6) is 1.37. The van der Waals surface area contributed by atoms with Gasteiger partial charge in [-0.2, -0.15) is 0 Å². The molecule has 110 valence electrons. The second-order valence-electron chi connectivity index (χ2n) is 6.67. The van der Waals surface area contributed by atoms with E-state index in [1.54, 1.807) is 11.1 Å². The van der Waals surface area contributed by atoms with Crippen molar-refractivity contribution in [2.75, 3.05) is 40.3 Å². The molecule has 0 aromatic heterocycles. The summed E-state index contributed by atoms with van der Waals surface area (Å²) in [4.78, 5) is 4.94. The number of hydrogen-bond donors (Lipinski definition) is 1. The van der Waals surface area contributed by atoms with E-state index < -0.39 is 0 Å². The molecule has 3 rings (SSSR count). The topological polar surface area (TPSA) is 32.5 Å². The van der Waals surface area contributed by atoms with Crippen LogP contribution in [0.4, 0.5) is 0 Å². The lowest BCUT2D eigenvalue weighted by atomic mass is 9.88. The smallest absolute Gasteiger partial charge is 0.0351 e. The highest BCUT2D eigenvalue weighted by molar-refractivity contribution is 5.34. The van der Waals surface area contributed by atoms with Crippen molar-refractivity contribution in [3.63, 3.8) is 0 Å². The van der Waals surface area contributed by atoms with Crippen molar-refractivity contribution in [3.05, 3.63) is 35.4 Å². The Balaban J connectivity index is 1.86. The lowest BCUT2D eigenvalue weighted by molar-refractivity contribution is 0.311. The molecule has 20 heavy (non-hydrogen) atoms. The molecule has 1 aromatic carbocycles. The van der Waals surface area contributed by atoms with Crippen molar-refractivity contribution < 1.29 is 0 Å². The monoisotopic (exact) mass is 273 g/mol. The molecule has 0 spiro atoms. The third-order valence-electron chi connectivity index (χ3n) is 5.15. The normalized spacial score (nSPS) is 32.0. The van der Waals surface area contributed by atoms with E-state index in [1.807, 2.05) is 0 Å². The molecule has 2 saturated heterocycles. The van der Waals surface area contributed by atoms with Gasteiger partial charge in [0.25, 0.3) is 0 Å². The number of likely N-dealkylation sites (N-methyl/N-ethyl adjacent to an activating group) is 1. The summed E-state index contributed by atoms with van der Waals surface area (Å²) in [6.45, 7) is 4.38. The Bertz CT molecular complexity index is 459. The fourth-order valence-corrected chi connectivity index (χ4v) is 4.01. The molecular weight excluding hydrogens is 246 g/mol. The largest absolute Gasteiger partial charge is 0.330 e. The zero-order valence-corrected chi connectivity index (χ0v) is 12.8. The highest BCUT2D eigenvalue weighted by Gasteiger charge is 2.33. The molecule has 0 amide bonds. The van der Waals surface area contributed by atoms with Gasteiger partial charge in [-0.25, -0.2) is 0 Å². The van der Waals surface area contributed by atoms with Crippen LogP contribution in [0.25, 0.3) is 0 Å². The molecule has 3 atom stereocenters. The van der Waals surface area contributed by atoms with Crippen molar-refractivity contribution in [1.82, 2.24) is 9.80 Å². The van der Waals surface area contributed by atoms with Crippen molar-refractivity contribution in [3.8, 4) is 0 Å². The van der Waals surface area contributed by atoms with Gasteiger partial charge in [0.1, 0.15) is 0 Å². The first-order chi connectivity index (χ1) is 9.69. The maximum absolute atomic E-state index is 5.88. The Morgan fingerprint density at radius 1 is 1.15 bits per heavy atom. The van der Waals surface area contributed by atoms with Gasteiger partial charge in [0.2, 0.25) is 0 Å². The third kappa shape index (κ3) is 2.62. The molecule has 2 fully saturated rings. The zero-order valence-electron chi connectivity index (χ0n) is 12.8. The molecule has 0 saturated carbocycles. The van der Waals surface area contributed by atoms with Crippen LogP contribution in [0.3, 0.4) is 0 Å². The molecule has 2 aliphatic heterocycles. The van der Waals surface area contributed by atoms with E-state index in [0.29, 0.717) is 17.9 Å². The molecule has 3 nitrogen and oxygen atoms in total. The Hall–Kier alpha value is -0.900. The highest BCUT2D eigenvalue weighted by atomic mass is 15.2. The average Bonchev–Trinajstić information content (AvgIpc) is 3.05. The van der Waals surface area contributed by atoms with Crippen molar-refractivity contribution in [2.24, 2.45) is 11.7 Å². The first-order valence-electron chi connectivity index (χ1n) is 7.86. The molecule has 2 aliphatic rings.